The molecule has 0 amide bonds. The summed E-state index contributed by atoms with van der Waals surface area (Å²) in [6.45, 7) is 5.85. The van der Waals surface area contributed by atoms with Gasteiger partial charge in [0, 0.05) is 16.8 Å². The van der Waals surface area contributed by atoms with Gasteiger partial charge in [0.05, 0.1) is 5.56 Å². The molecule has 0 aromatic carbocycles. The van der Waals surface area contributed by atoms with Crippen molar-refractivity contribution in [1.29, 1.82) is 5.41 Å². The van der Waals surface area contributed by atoms with Crippen LogP contribution in [0.5, 0.6) is 0 Å². The molecule has 0 aliphatic carbocycles. The number of nitrogens with zero attached hydrogens (tertiary/aromatic N) is 2. The number of hydrogen-bond acceptors (Lipinski definition) is 5. The summed E-state index contributed by atoms with van der Waals surface area (Å²) in [5, 5.41) is 10.4. The Balaban J connectivity index is 2.45. The normalized spacial score (nSPS) is 10.6. The van der Waals surface area contributed by atoms with E-state index in [9.17, 15) is 0 Å². The van der Waals surface area contributed by atoms with Crippen LogP contribution in [0.15, 0.2) is 20.8 Å². The van der Waals surface area contributed by atoms with E-state index >= 15 is 0 Å². The molecule has 0 fully saturated rings. The summed E-state index contributed by atoms with van der Waals surface area (Å²) in [6.07, 6.45) is 0. The Labute approximate surface area is 114 Å². The lowest BCUT2D eigenvalue weighted by Crippen LogP contribution is -2.15. The van der Waals surface area contributed by atoms with Crippen LogP contribution in [-0.2, 0) is 0 Å². The topological polar surface area (TPSA) is 75.7 Å². The zero-order valence-electron chi connectivity index (χ0n) is 10.4. The molecule has 94 valence electrons. The van der Waals surface area contributed by atoms with Crippen molar-refractivity contribution in [3.8, 4) is 0 Å². The molecular weight excluding hydrogens is 264 g/mol. The van der Waals surface area contributed by atoms with Gasteiger partial charge in [-0.3, -0.25) is 5.41 Å². The van der Waals surface area contributed by atoms with E-state index in [1.54, 1.807) is 11.3 Å². The molecule has 2 aromatic heterocycles. The molecule has 0 aliphatic rings. The average Bonchev–Trinajstić information content (AvgIpc) is 2.62. The Kier molecular flexibility index (Phi) is 3.68. The Bertz CT molecular complexity index is 604. The van der Waals surface area contributed by atoms with E-state index in [4.69, 9.17) is 11.1 Å². The molecule has 0 unspecified atom stereocenters. The summed E-state index contributed by atoms with van der Waals surface area (Å²) in [5.74, 6) is 0.0516. The Morgan fingerprint density at radius 2 is 2.00 bits per heavy atom. The lowest BCUT2D eigenvalue weighted by molar-refractivity contribution is 1.03. The lowest BCUT2D eigenvalue weighted by atomic mass is 10.1. The first-order chi connectivity index (χ1) is 8.47. The van der Waals surface area contributed by atoms with Gasteiger partial charge in [0.15, 0.2) is 4.34 Å². The maximum atomic E-state index is 7.67. The summed E-state index contributed by atoms with van der Waals surface area (Å²) in [7, 11) is 0. The summed E-state index contributed by atoms with van der Waals surface area (Å²) in [6, 6.07) is 1.94. The quantitative estimate of drug-likeness (QED) is 0.668. The van der Waals surface area contributed by atoms with Crippen LogP contribution in [0.25, 0.3) is 0 Å². The van der Waals surface area contributed by atoms with E-state index in [0.717, 1.165) is 26.3 Å². The molecule has 0 radical (unpaired) electrons. The number of nitrogens with two attached hydrogens (primary N) is 1. The minimum Gasteiger partial charge on any atom is -0.384 e. The van der Waals surface area contributed by atoms with Gasteiger partial charge in [-0.1, -0.05) is 0 Å². The predicted molar refractivity (Wildman–Crippen MR) is 75.7 cm³/mol. The van der Waals surface area contributed by atoms with Crippen LogP contribution < -0.4 is 5.73 Å². The molecule has 0 aliphatic heterocycles. The number of hydrogen-bond donors (Lipinski definition) is 2. The first-order valence-corrected chi connectivity index (χ1v) is 7.09. The number of amidine groups is 1. The van der Waals surface area contributed by atoms with Crippen molar-refractivity contribution in [1.82, 2.24) is 9.97 Å². The number of aryl methyl sites for hydroxylation is 3. The maximum Gasteiger partial charge on any atom is 0.156 e. The SMILES string of the molecule is Cc1csc(Sc2nc(C)cc(C)c2C(=N)N)n1. The summed E-state index contributed by atoms with van der Waals surface area (Å²) < 4.78 is 0.924. The van der Waals surface area contributed by atoms with E-state index in [2.05, 4.69) is 9.97 Å². The first kappa shape index (κ1) is 13.0. The predicted octanol–water partition coefficient (Wildman–Crippen LogP) is 2.90. The number of thiazole rings is 1. The van der Waals surface area contributed by atoms with E-state index in [1.807, 2.05) is 32.2 Å². The van der Waals surface area contributed by atoms with Crippen LogP contribution in [0.1, 0.15) is 22.5 Å². The van der Waals surface area contributed by atoms with Crippen molar-refractivity contribution in [3.63, 3.8) is 0 Å². The van der Waals surface area contributed by atoms with Crippen LogP contribution in [0.2, 0.25) is 0 Å². The van der Waals surface area contributed by atoms with Crippen LogP contribution in [0, 0.1) is 26.2 Å². The molecule has 18 heavy (non-hydrogen) atoms. The highest BCUT2D eigenvalue weighted by atomic mass is 32.2. The molecule has 0 saturated carbocycles. The van der Waals surface area contributed by atoms with E-state index in [1.165, 1.54) is 11.8 Å². The zero-order valence-corrected chi connectivity index (χ0v) is 12.1. The van der Waals surface area contributed by atoms with Crippen molar-refractivity contribution in [2.75, 3.05) is 0 Å². The third-order valence-electron chi connectivity index (χ3n) is 2.36. The molecular formula is C12H14N4S2. The zero-order chi connectivity index (χ0) is 13.3. The smallest absolute Gasteiger partial charge is 0.156 e. The molecule has 2 aromatic rings. The molecule has 0 saturated heterocycles. The van der Waals surface area contributed by atoms with Crippen molar-refractivity contribution in [2.24, 2.45) is 5.73 Å². The molecule has 3 N–H and O–H groups in total. The fourth-order valence-corrected chi connectivity index (χ4v) is 3.68. The van der Waals surface area contributed by atoms with Crippen molar-refractivity contribution in [3.05, 3.63) is 34.0 Å². The second-order valence-corrected chi connectivity index (χ2v) is 6.13. The Hall–Kier alpha value is -1.40. The third kappa shape index (κ3) is 2.70. The maximum absolute atomic E-state index is 7.67. The second-order valence-electron chi connectivity index (χ2n) is 4.03. The molecule has 2 rings (SSSR count). The third-order valence-corrected chi connectivity index (χ3v) is 4.41. The molecule has 6 heteroatoms. The summed E-state index contributed by atoms with van der Waals surface area (Å²) >= 11 is 3.04. The number of rotatable bonds is 3. The van der Waals surface area contributed by atoms with Gasteiger partial charge in [0.1, 0.15) is 10.9 Å². The second kappa shape index (κ2) is 5.07. The van der Waals surface area contributed by atoms with Crippen molar-refractivity contribution < 1.29 is 0 Å². The minimum absolute atomic E-state index is 0.0516. The van der Waals surface area contributed by atoms with Gasteiger partial charge in [0.2, 0.25) is 0 Å². The molecule has 2 heterocycles. The molecule has 0 spiro atoms. The van der Waals surface area contributed by atoms with Gasteiger partial charge in [-0.2, -0.15) is 0 Å². The Morgan fingerprint density at radius 1 is 1.28 bits per heavy atom. The van der Waals surface area contributed by atoms with E-state index in [0.29, 0.717) is 5.56 Å². The fraction of sp³-hybridized carbons (Fsp3) is 0.250. The minimum atomic E-state index is 0.0516. The Morgan fingerprint density at radius 3 is 2.56 bits per heavy atom. The van der Waals surface area contributed by atoms with Gasteiger partial charge in [-0.05, 0) is 44.2 Å². The summed E-state index contributed by atoms with van der Waals surface area (Å²) in [4.78, 5) is 8.86. The number of aromatic nitrogens is 2. The number of pyridine rings is 1. The average molecular weight is 278 g/mol. The van der Waals surface area contributed by atoms with Crippen LogP contribution >= 0.6 is 23.1 Å². The van der Waals surface area contributed by atoms with Crippen LogP contribution in [0.4, 0.5) is 0 Å². The number of nitrogens with one attached hydrogen (secondary N) is 1. The van der Waals surface area contributed by atoms with Crippen molar-refractivity contribution in [2.45, 2.75) is 30.1 Å². The monoisotopic (exact) mass is 278 g/mol. The molecule has 0 bridgehead atoms. The lowest BCUT2D eigenvalue weighted by Gasteiger charge is -2.10. The van der Waals surface area contributed by atoms with Gasteiger partial charge in [-0.15, -0.1) is 11.3 Å². The highest BCUT2D eigenvalue weighted by molar-refractivity contribution is 8.01. The molecule has 4 nitrogen and oxygen atoms in total. The summed E-state index contributed by atoms with van der Waals surface area (Å²) in [5.41, 5.74) is 9.24. The van der Waals surface area contributed by atoms with Crippen LogP contribution in [0.3, 0.4) is 0 Å². The molecule has 0 atom stereocenters. The van der Waals surface area contributed by atoms with E-state index < -0.39 is 0 Å². The van der Waals surface area contributed by atoms with E-state index in [-0.39, 0.29) is 5.84 Å². The van der Waals surface area contributed by atoms with Gasteiger partial charge < -0.3 is 5.73 Å². The standard InChI is InChI=1S/C12H14N4S2/c1-6-4-7(2)15-11(9(6)10(13)14)18-12-16-8(3)5-17-12/h4-5H,1-3H3,(H3,13,14). The van der Waals surface area contributed by atoms with Gasteiger partial charge >= 0.3 is 0 Å². The van der Waals surface area contributed by atoms with Gasteiger partial charge in [0.25, 0.3) is 0 Å². The van der Waals surface area contributed by atoms with Crippen LogP contribution in [-0.4, -0.2) is 15.8 Å². The first-order valence-electron chi connectivity index (χ1n) is 5.40. The van der Waals surface area contributed by atoms with Gasteiger partial charge in [-0.25, -0.2) is 9.97 Å². The highest BCUT2D eigenvalue weighted by Crippen LogP contribution is 2.32. The van der Waals surface area contributed by atoms with Crippen molar-refractivity contribution >= 4 is 28.9 Å². The highest BCUT2D eigenvalue weighted by Gasteiger charge is 2.14. The number of nitrogen functional groups attached to an aromatic ring is 1. The fourth-order valence-electron chi connectivity index (χ4n) is 1.67. The largest absolute Gasteiger partial charge is 0.384 e.